The molecule has 1 atom stereocenters. The van der Waals surface area contributed by atoms with Crippen molar-refractivity contribution >= 4 is 29.9 Å². The Bertz CT molecular complexity index is 710. The molecule has 0 spiro atoms. The van der Waals surface area contributed by atoms with Gasteiger partial charge in [0, 0.05) is 26.1 Å². The number of aliphatic imine (C=N–C) groups is 1. The zero-order valence-corrected chi connectivity index (χ0v) is 18.5. The number of nitrogens with zero attached hydrogens (tertiary/aromatic N) is 4. The summed E-state index contributed by atoms with van der Waals surface area (Å²) in [5.74, 6) is 1.73. The van der Waals surface area contributed by atoms with Crippen molar-refractivity contribution in [1.82, 2.24) is 25.4 Å². The molecule has 1 heterocycles. The zero-order valence-electron chi connectivity index (χ0n) is 16.1. The first-order valence-corrected chi connectivity index (χ1v) is 9.07. The minimum Gasteiger partial charge on any atom is -0.491 e. The van der Waals surface area contributed by atoms with Crippen LogP contribution in [0.25, 0.3) is 0 Å². The maximum absolute atomic E-state index is 12.9. The van der Waals surface area contributed by atoms with E-state index in [4.69, 9.17) is 4.74 Å². The molecule has 8 nitrogen and oxygen atoms in total. The number of aryl methyl sites for hydroxylation is 1. The highest BCUT2D eigenvalue weighted by Gasteiger charge is 2.07. The number of benzene rings is 1. The van der Waals surface area contributed by atoms with E-state index in [2.05, 4.69) is 25.8 Å². The van der Waals surface area contributed by atoms with Crippen molar-refractivity contribution in [3.63, 3.8) is 0 Å². The second-order valence-electron chi connectivity index (χ2n) is 5.86. The molecular weight excluding hydrogens is 478 g/mol. The predicted octanol–water partition coefficient (Wildman–Crippen LogP) is 1.59. The Hall–Kier alpha value is -1.95. The first kappa shape index (κ1) is 24.1. The highest BCUT2D eigenvalue weighted by Crippen LogP contribution is 2.11. The van der Waals surface area contributed by atoms with E-state index < -0.39 is 6.10 Å². The molecular formula is C18H28FIN6O2. The minimum absolute atomic E-state index is 0. The third-order valence-electron chi connectivity index (χ3n) is 3.72. The fraction of sp³-hybridized carbons (Fsp3) is 0.500. The van der Waals surface area contributed by atoms with E-state index in [-0.39, 0.29) is 42.9 Å². The molecule has 0 aliphatic carbocycles. The third kappa shape index (κ3) is 8.38. The molecule has 28 heavy (non-hydrogen) atoms. The monoisotopic (exact) mass is 506 g/mol. The molecule has 0 saturated carbocycles. The van der Waals surface area contributed by atoms with Crippen molar-refractivity contribution in [2.24, 2.45) is 4.99 Å². The molecule has 2 aromatic rings. The van der Waals surface area contributed by atoms with Gasteiger partial charge in [-0.15, -0.1) is 34.2 Å². The topological polar surface area (TPSA) is 96.6 Å². The number of aliphatic hydroxyl groups excluding tert-OH is 1. The molecule has 10 heteroatoms. The Kier molecular flexibility index (Phi) is 11.4. The van der Waals surface area contributed by atoms with Crippen LogP contribution in [0.1, 0.15) is 19.7 Å². The molecule has 0 saturated heterocycles. The Morgan fingerprint density at radius 2 is 2.04 bits per heavy atom. The van der Waals surface area contributed by atoms with Gasteiger partial charge in [0.2, 0.25) is 0 Å². The number of rotatable bonds is 10. The van der Waals surface area contributed by atoms with E-state index in [1.807, 2.05) is 18.4 Å². The summed E-state index contributed by atoms with van der Waals surface area (Å²) in [6, 6.07) is 5.67. The van der Waals surface area contributed by atoms with Gasteiger partial charge in [-0.2, -0.15) is 0 Å². The number of guanidine groups is 1. The van der Waals surface area contributed by atoms with E-state index in [1.54, 1.807) is 6.33 Å². The SMILES string of the molecule is CCNC(=NCC(O)COc1ccc(F)cc1)NCCn1cnnc1CC.I. The van der Waals surface area contributed by atoms with Gasteiger partial charge in [-0.05, 0) is 31.2 Å². The van der Waals surface area contributed by atoms with Crippen molar-refractivity contribution in [3.05, 3.63) is 42.2 Å². The molecule has 0 bridgehead atoms. The van der Waals surface area contributed by atoms with E-state index in [1.165, 1.54) is 24.3 Å². The third-order valence-corrected chi connectivity index (χ3v) is 3.72. The number of nitrogens with one attached hydrogen (secondary N) is 2. The summed E-state index contributed by atoms with van der Waals surface area (Å²) in [6.45, 7) is 6.35. The lowest BCUT2D eigenvalue weighted by molar-refractivity contribution is 0.114. The fourth-order valence-electron chi connectivity index (χ4n) is 2.35. The molecule has 0 aliphatic heterocycles. The van der Waals surface area contributed by atoms with Gasteiger partial charge in [0.05, 0.1) is 6.54 Å². The fourth-order valence-corrected chi connectivity index (χ4v) is 2.35. The maximum atomic E-state index is 12.9. The molecule has 1 aromatic carbocycles. The van der Waals surface area contributed by atoms with Gasteiger partial charge in [0.25, 0.3) is 0 Å². The van der Waals surface area contributed by atoms with Gasteiger partial charge >= 0.3 is 0 Å². The second-order valence-corrected chi connectivity index (χ2v) is 5.86. The molecule has 3 N–H and O–H groups in total. The molecule has 2 rings (SSSR count). The summed E-state index contributed by atoms with van der Waals surface area (Å²) >= 11 is 0. The lowest BCUT2D eigenvalue weighted by atomic mass is 10.3. The van der Waals surface area contributed by atoms with Gasteiger partial charge in [0.15, 0.2) is 5.96 Å². The van der Waals surface area contributed by atoms with Crippen LogP contribution in [0.5, 0.6) is 5.75 Å². The summed E-state index contributed by atoms with van der Waals surface area (Å²) < 4.78 is 20.3. The standard InChI is InChI=1S/C18H27FN6O2.HI/c1-3-17-24-23-13-25(17)10-9-21-18(20-4-2)22-11-15(26)12-27-16-7-5-14(19)6-8-16;/h5-8,13,15,26H,3-4,9-12H2,1-2H3,(H2,20,21,22);1H. The van der Waals surface area contributed by atoms with Crippen LogP contribution < -0.4 is 15.4 Å². The summed E-state index contributed by atoms with van der Waals surface area (Å²) in [6.07, 6.45) is 1.77. The predicted molar refractivity (Wildman–Crippen MR) is 117 cm³/mol. The summed E-state index contributed by atoms with van der Waals surface area (Å²) in [5.41, 5.74) is 0. The van der Waals surface area contributed by atoms with Crippen molar-refractivity contribution in [3.8, 4) is 5.75 Å². The Morgan fingerprint density at radius 3 is 2.71 bits per heavy atom. The van der Waals surface area contributed by atoms with E-state index >= 15 is 0 Å². The van der Waals surface area contributed by atoms with Crippen LogP contribution in [0.15, 0.2) is 35.6 Å². The largest absolute Gasteiger partial charge is 0.491 e. The molecule has 0 fully saturated rings. The van der Waals surface area contributed by atoms with Gasteiger partial charge in [-0.3, -0.25) is 4.99 Å². The molecule has 0 aliphatic rings. The number of hydrogen-bond acceptors (Lipinski definition) is 5. The van der Waals surface area contributed by atoms with Gasteiger partial charge < -0.3 is 25.0 Å². The van der Waals surface area contributed by atoms with Gasteiger partial charge in [-0.1, -0.05) is 6.92 Å². The maximum Gasteiger partial charge on any atom is 0.191 e. The number of halogens is 2. The van der Waals surface area contributed by atoms with Crippen LogP contribution in [0.2, 0.25) is 0 Å². The van der Waals surface area contributed by atoms with Crippen LogP contribution in [-0.2, 0) is 13.0 Å². The molecule has 1 unspecified atom stereocenters. The highest BCUT2D eigenvalue weighted by molar-refractivity contribution is 14.0. The first-order chi connectivity index (χ1) is 13.1. The Morgan fingerprint density at radius 1 is 1.29 bits per heavy atom. The number of ether oxygens (including phenoxy) is 1. The summed E-state index contributed by atoms with van der Waals surface area (Å²) in [5, 5.41) is 24.3. The normalized spacial score (nSPS) is 12.2. The summed E-state index contributed by atoms with van der Waals surface area (Å²) in [4.78, 5) is 4.37. The van der Waals surface area contributed by atoms with Crippen LogP contribution in [0, 0.1) is 5.82 Å². The second kappa shape index (κ2) is 13.3. The van der Waals surface area contributed by atoms with Crippen molar-refractivity contribution in [2.75, 3.05) is 26.2 Å². The number of aliphatic hydroxyl groups is 1. The van der Waals surface area contributed by atoms with Crippen LogP contribution >= 0.6 is 24.0 Å². The average Bonchev–Trinajstić information content (AvgIpc) is 3.13. The zero-order chi connectivity index (χ0) is 19.5. The molecule has 0 amide bonds. The smallest absolute Gasteiger partial charge is 0.191 e. The van der Waals surface area contributed by atoms with Crippen LogP contribution in [0.3, 0.4) is 0 Å². The van der Waals surface area contributed by atoms with E-state index in [9.17, 15) is 9.50 Å². The van der Waals surface area contributed by atoms with Crippen molar-refractivity contribution in [1.29, 1.82) is 0 Å². The number of aromatic nitrogens is 3. The molecule has 0 radical (unpaired) electrons. The van der Waals surface area contributed by atoms with E-state index in [0.717, 1.165) is 18.8 Å². The van der Waals surface area contributed by atoms with Crippen LogP contribution in [-0.4, -0.2) is 58.2 Å². The summed E-state index contributed by atoms with van der Waals surface area (Å²) in [7, 11) is 0. The molecule has 156 valence electrons. The van der Waals surface area contributed by atoms with Crippen LogP contribution in [0.4, 0.5) is 4.39 Å². The van der Waals surface area contributed by atoms with Gasteiger partial charge in [0.1, 0.15) is 36.4 Å². The van der Waals surface area contributed by atoms with Gasteiger partial charge in [-0.25, -0.2) is 4.39 Å². The Balaban J connectivity index is 0.00000392. The highest BCUT2D eigenvalue weighted by atomic mass is 127. The number of hydrogen-bond donors (Lipinski definition) is 3. The van der Waals surface area contributed by atoms with Crippen molar-refractivity contribution in [2.45, 2.75) is 32.9 Å². The van der Waals surface area contributed by atoms with E-state index in [0.29, 0.717) is 24.8 Å². The lowest BCUT2D eigenvalue weighted by Gasteiger charge is -2.14. The minimum atomic E-state index is -0.768. The first-order valence-electron chi connectivity index (χ1n) is 9.07. The molecule has 1 aromatic heterocycles. The quantitative estimate of drug-likeness (QED) is 0.258. The average molecular weight is 506 g/mol. The van der Waals surface area contributed by atoms with Crippen molar-refractivity contribution < 1.29 is 14.2 Å². The lowest BCUT2D eigenvalue weighted by Crippen LogP contribution is -2.39. The Labute approximate surface area is 181 Å².